The minimum Gasteiger partial charge on any atom is -0.490 e. The summed E-state index contributed by atoms with van der Waals surface area (Å²) in [5, 5.41) is 16.4. The summed E-state index contributed by atoms with van der Waals surface area (Å²) in [5.74, 6) is -0.753. The number of rotatable bonds is 7. The van der Waals surface area contributed by atoms with Gasteiger partial charge in [-0.2, -0.15) is 5.10 Å². The molecule has 0 bridgehead atoms. The fourth-order valence-corrected chi connectivity index (χ4v) is 2.76. The van der Waals surface area contributed by atoms with E-state index in [0.717, 1.165) is 29.8 Å². The van der Waals surface area contributed by atoms with Crippen molar-refractivity contribution >= 4 is 5.97 Å². The fourth-order valence-electron chi connectivity index (χ4n) is 2.76. The van der Waals surface area contributed by atoms with Crippen molar-refractivity contribution in [1.29, 1.82) is 0 Å². The van der Waals surface area contributed by atoms with Gasteiger partial charge in [0.05, 0.1) is 23.4 Å². The molecule has 3 rings (SSSR count). The second kappa shape index (κ2) is 7.05. The molecule has 1 heterocycles. The molecule has 0 aliphatic heterocycles. The average Bonchev–Trinajstić information content (AvgIpc) is 3.01. The van der Waals surface area contributed by atoms with Gasteiger partial charge < -0.3 is 14.6 Å². The zero-order chi connectivity index (χ0) is 17.1. The van der Waals surface area contributed by atoms with Crippen LogP contribution in [0, 0.1) is 5.92 Å². The van der Waals surface area contributed by atoms with Gasteiger partial charge in [0.25, 0.3) is 0 Å². The lowest BCUT2D eigenvalue weighted by atomic mass is 9.96. The van der Waals surface area contributed by atoms with Gasteiger partial charge in [-0.05, 0) is 44.4 Å². The third-order valence-corrected chi connectivity index (χ3v) is 4.49. The highest BCUT2D eigenvalue weighted by Crippen LogP contribution is 2.30. The number of hydrogen-bond donors (Lipinski definition) is 2. The Bertz CT molecular complexity index is 709. The van der Waals surface area contributed by atoms with E-state index in [4.69, 9.17) is 9.47 Å². The first kappa shape index (κ1) is 16.5. The highest BCUT2D eigenvalue weighted by molar-refractivity contribution is 5.70. The fraction of sp³-hybridized carbons (Fsp3) is 0.444. The molecule has 0 saturated heterocycles. The van der Waals surface area contributed by atoms with Gasteiger partial charge >= 0.3 is 5.97 Å². The molecule has 1 fully saturated rings. The minimum atomic E-state index is -0.915. The number of hydrogen-bond acceptors (Lipinski definition) is 4. The van der Waals surface area contributed by atoms with Crippen molar-refractivity contribution in [2.45, 2.75) is 38.4 Å². The number of benzene rings is 1. The molecule has 128 valence electrons. The van der Waals surface area contributed by atoms with Crippen LogP contribution in [-0.2, 0) is 9.53 Å². The van der Waals surface area contributed by atoms with E-state index in [-0.39, 0.29) is 0 Å². The number of carboxylic acids is 1. The van der Waals surface area contributed by atoms with Crippen molar-refractivity contribution in [2.75, 3.05) is 7.11 Å². The van der Waals surface area contributed by atoms with E-state index in [1.54, 1.807) is 6.92 Å². The number of aromatic nitrogens is 2. The predicted molar refractivity (Wildman–Crippen MR) is 88.8 cm³/mol. The lowest BCUT2D eigenvalue weighted by molar-refractivity contribution is -0.146. The van der Waals surface area contributed by atoms with Crippen LogP contribution in [0.5, 0.6) is 5.75 Å². The Morgan fingerprint density at radius 2 is 2.17 bits per heavy atom. The van der Waals surface area contributed by atoms with E-state index in [0.29, 0.717) is 11.8 Å². The van der Waals surface area contributed by atoms with Crippen molar-refractivity contribution in [3.05, 3.63) is 36.0 Å². The van der Waals surface area contributed by atoms with Crippen LogP contribution in [0.1, 0.15) is 38.0 Å². The van der Waals surface area contributed by atoms with E-state index >= 15 is 0 Å². The maximum absolute atomic E-state index is 11.2. The van der Waals surface area contributed by atoms with Crippen molar-refractivity contribution in [2.24, 2.45) is 5.92 Å². The Morgan fingerprint density at radius 1 is 1.38 bits per heavy atom. The van der Waals surface area contributed by atoms with Crippen LogP contribution in [0.4, 0.5) is 0 Å². The summed E-state index contributed by atoms with van der Waals surface area (Å²) in [4.78, 5) is 11.2. The van der Waals surface area contributed by atoms with Crippen molar-refractivity contribution in [1.82, 2.24) is 10.2 Å². The van der Waals surface area contributed by atoms with Crippen LogP contribution in [0.2, 0.25) is 0 Å². The van der Waals surface area contributed by atoms with Crippen molar-refractivity contribution in [3.63, 3.8) is 0 Å². The zero-order valence-electron chi connectivity index (χ0n) is 13.9. The smallest absolute Gasteiger partial charge is 0.309 e. The molecule has 2 N–H and O–H groups in total. The minimum absolute atomic E-state index is 0.326. The quantitative estimate of drug-likeness (QED) is 0.812. The number of H-pyrrole nitrogens is 1. The molecule has 2 unspecified atom stereocenters. The van der Waals surface area contributed by atoms with Crippen molar-refractivity contribution < 1.29 is 19.4 Å². The molecule has 1 aromatic carbocycles. The van der Waals surface area contributed by atoms with Crippen LogP contribution in [0.25, 0.3) is 11.3 Å². The molecule has 0 radical (unpaired) electrons. The van der Waals surface area contributed by atoms with Crippen LogP contribution in [-0.4, -0.2) is 34.5 Å². The second-order valence-corrected chi connectivity index (χ2v) is 6.19. The van der Waals surface area contributed by atoms with Crippen LogP contribution in [0.3, 0.4) is 0 Å². The molecule has 1 saturated carbocycles. The third kappa shape index (κ3) is 3.43. The van der Waals surface area contributed by atoms with Crippen LogP contribution < -0.4 is 4.74 Å². The highest BCUT2D eigenvalue weighted by atomic mass is 16.5. The number of aliphatic carboxylic acids is 1. The molecule has 6 heteroatoms. The summed E-state index contributed by atoms with van der Waals surface area (Å²) in [6.07, 6.45) is 3.19. The number of nitrogens with one attached hydrogen (secondary N) is 1. The topological polar surface area (TPSA) is 84.4 Å². The van der Waals surface area contributed by atoms with E-state index in [1.165, 1.54) is 13.5 Å². The molecule has 1 aliphatic carbocycles. The number of ether oxygens (including phenoxy) is 2. The standard InChI is InChI=1S/C18H22N2O4/c1-11(18(21)22)17(23-2)16-10-15(19-20-16)12-5-3-8-14(9-12)24-13-6-4-7-13/h3,5,8-11,13,17H,4,6-7H2,1-2H3,(H,19,20)(H,21,22). The molecule has 1 aromatic heterocycles. The maximum Gasteiger partial charge on any atom is 0.309 e. The lowest BCUT2D eigenvalue weighted by Gasteiger charge is -2.26. The van der Waals surface area contributed by atoms with Gasteiger partial charge in [-0.1, -0.05) is 12.1 Å². The number of aromatic amines is 1. The zero-order valence-corrected chi connectivity index (χ0v) is 13.9. The number of carboxylic acid groups (broad SMARTS) is 1. The first-order valence-electron chi connectivity index (χ1n) is 8.16. The molecular formula is C18H22N2O4. The largest absolute Gasteiger partial charge is 0.490 e. The normalized spacial score (nSPS) is 17.1. The summed E-state index contributed by atoms with van der Waals surface area (Å²) < 4.78 is 11.2. The van der Waals surface area contributed by atoms with Gasteiger partial charge in [0.1, 0.15) is 11.9 Å². The van der Waals surface area contributed by atoms with Crippen molar-refractivity contribution in [3.8, 4) is 17.0 Å². The van der Waals surface area contributed by atoms with Gasteiger partial charge in [-0.25, -0.2) is 0 Å². The summed E-state index contributed by atoms with van der Waals surface area (Å²) in [7, 11) is 1.49. The SMILES string of the molecule is COC(c1cc(-c2cccc(OC3CCC3)c2)[nH]n1)C(C)C(=O)O. The Labute approximate surface area is 140 Å². The number of nitrogens with zero attached hydrogens (tertiary/aromatic N) is 1. The molecule has 0 amide bonds. The highest BCUT2D eigenvalue weighted by Gasteiger charge is 2.27. The van der Waals surface area contributed by atoms with Gasteiger partial charge in [-0.15, -0.1) is 0 Å². The van der Waals surface area contributed by atoms with Gasteiger partial charge in [-0.3, -0.25) is 9.89 Å². The van der Waals surface area contributed by atoms with Gasteiger partial charge in [0.15, 0.2) is 0 Å². The third-order valence-electron chi connectivity index (χ3n) is 4.49. The van der Waals surface area contributed by atoms with E-state index in [2.05, 4.69) is 10.2 Å². The van der Waals surface area contributed by atoms with E-state index in [9.17, 15) is 9.90 Å². The Balaban J connectivity index is 1.79. The predicted octanol–water partition coefficient (Wildman–Crippen LogP) is 3.42. The van der Waals surface area contributed by atoms with Crippen LogP contribution >= 0.6 is 0 Å². The molecule has 2 atom stereocenters. The summed E-state index contributed by atoms with van der Waals surface area (Å²) >= 11 is 0. The molecular weight excluding hydrogens is 308 g/mol. The first-order valence-corrected chi connectivity index (χ1v) is 8.16. The summed E-state index contributed by atoms with van der Waals surface area (Å²) in [6.45, 7) is 1.61. The Hall–Kier alpha value is -2.34. The van der Waals surface area contributed by atoms with E-state index in [1.807, 2.05) is 30.3 Å². The summed E-state index contributed by atoms with van der Waals surface area (Å²) in [5.41, 5.74) is 2.33. The number of carbonyl (C=O) groups is 1. The molecule has 0 spiro atoms. The maximum atomic E-state index is 11.2. The van der Waals surface area contributed by atoms with Crippen LogP contribution in [0.15, 0.2) is 30.3 Å². The lowest BCUT2D eigenvalue weighted by Crippen LogP contribution is -2.24. The van der Waals surface area contributed by atoms with Gasteiger partial charge in [0.2, 0.25) is 0 Å². The first-order chi connectivity index (χ1) is 11.6. The molecule has 2 aromatic rings. The molecule has 6 nitrogen and oxygen atoms in total. The molecule has 24 heavy (non-hydrogen) atoms. The Kier molecular flexibility index (Phi) is 4.85. The summed E-state index contributed by atoms with van der Waals surface area (Å²) in [6, 6.07) is 9.66. The Morgan fingerprint density at radius 3 is 2.79 bits per heavy atom. The second-order valence-electron chi connectivity index (χ2n) is 6.19. The number of methoxy groups -OCH3 is 1. The van der Waals surface area contributed by atoms with Gasteiger partial charge in [0, 0.05) is 12.7 Å². The average molecular weight is 330 g/mol. The van der Waals surface area contributed by atoms with E-state index < -0.39 is 18.0 Å². The monoisotopic (exact) mass is 330 g/mol. The molecule has 1 aliphatic rings.